The zero-order valence-electron chi connectivity index (χ0n) is 47.9. The van der Waals surface area contributed by atoms with Crippen LogP contribution in [0.2, 0.25) is 0 Å². The molecule has 5 N–H and O–H groups in total. The molecule has 3 aliphatic rings. The largest absolute Gasteiger partial charge is 0.492 e. The van der Waals surface area contributed by atoms with Crippen LogP contribution in [0, 0.1) is 0 Å². The fraction of sp³-hybridized carbons (Fsp3) is 0.564. The third-order valence-corrected chi connectivity index (χ3v) is 15.4. The molecule has 30 heteroatoms. The number of ether oxygens (including phenoxy) is 10. The molecule has 1 aromatic carbocycles. The summed E-state index contributed by atoms with van der Waals surface area (Å²) in [7, 11) is -11.6. The van der Waals surface area contributed by atoms with E-state index in [0.717, 1.165) is 11.1 Å². The van der Waals surface area contributed by atoms with Gasteiger partial charge in [-0.2, -0.15) is 25.3 Å². The van der Waals surface area contributed by atoms with Crippen LogP contribution < -0.4 is 19.7 Å². The molecule has 0 saturated heterocycles. The number of nitrogens with zero attached hydrogens (tertiary/aromatic N) is 3. The second-order valence-electron chi connectivity index (χ2n) is 19.2. The topological polar surface area (TPSA) is 346 Å². The standard InChI is InChI=1S/C55H79N3O24S3/c1-55(16-4-40-83(62,63)64)48-43-46(85(68,69)70)9-11-49(48)57(19-23-74-28-31-78-36-39-80-37-34-76-29-26-72-20-15-54(61)82-58-52(59)12-13-53(58)60)51(55)7-3-6-44-14-21-81-50-42-45(8-10-47(44)50)56(17-5-41-84(65,66)67)18-22-73-27-30-77-35-38-79-33-32-75-25-24-71-2/h3,6-14,21,42-43H,4-5,15-20,22-41H2,1-2H3,(H4-,59,60,62,63,64,65,66,67,68,69,70)/p+1. The van der Waals surface area contributed by atoms with E-state index in [-0.39, 0.29) is 103 Å². The Morgan fingerprint density at radius 3 is 1.71 bits per heavy atom. The Bertz CT molecular complexity index is 3090. The Hall–Kier alpha value is -5.39. The summed E-state index contributed by atoms with van der Waals surface area (Å²) < 4.78 is 165. The van der Waals surface area contributed by atoms with E-state index in [1.54, 1.807) is 25.3 Å². The Morgan fingerprint density at radius 2 is 1.15 bits per heavy atom. The maximum absolute atomic E-state index is 12.4. The molecular weight excluding hydrogens is 1180 g/mol. The second-order valence-corrected chi connectivity index (χ2v) is 23.7. The molecule has 0 amide bonds. The highest BCUT2D eigenvalue weighted by molar-refractivity contribution is 7.86. The molecule has 0 spiro atoms. The van der Waals surface area contributed by atoms with Gasteiger partial charge in [0.25, 0.3) is 30.4 Å². The van der Waals surface area contributed by atoms with Gasteiger partial charge in [-0.05, 0) is 67.3 Å². The van der Waals surface area contributed by atoms with E-state index in [4.69, 9.17) is 56.6 Å². The highest BCUT2D eigenvalue weighted by Gasteiger charge is 2.44. The molecule has 5 rings (SSSR count). The molecule has 0 bridgehead atoms. The first kappa shape index (κ1) is 70.4. The van der Waals surface area contributed by atoms with E-state index < -0.39 is 65.0 Å². The molecule has 476 valence electrons. The molecule has 1 atom stereocenters. The number of allylic oxidation sites excluding steroid dienone is 3. The van der Waals surface area contributed by atoms with Gasteiger partial charge in [-0.1, -0.05) is 12.2 Å². The molecule has 1 unspecified atom stereocenters. The summed E-state index contributed by atoms with van der Waals surface area (Å²) in [5, 5.41) is 19.8. The molecule has 2 aliphatic heterocycles. The Labute approximate surface area is 495 Å². The van der Waals surface area contributed by atoms with Crippen molar-refractivity contribution in [1.29, 1.82) is 0 Å². The SMILES string of the molecule is COCCOCCOCCOCCOCC[N+](CCCS(=O)(=O)O)=c1ccc2c(C=CC=C3N(CCOCCOCCOCCOCCOCCC(=O)On4c(O)ccc4O)c4ccc(S(=O)(=O)O)cc4C3(C)CCCS(=O)(=O)O)ccoc-2c1. The van der Waals surface area contributed by atoms with Gasteiger partial charge in [0.2, 0.25) is 17.1 Å². The van der Waals surface area contributed by atoms with Crippen molar-refractivity contribution in [3.05, 3.63) is 95.2 Å². The minimum Gasteiger partial charge on any atom is -0.492 e. The normalized spacial score (nSPS) is 15.6. The van der Waals surface area contributed by atoms with Gasteiger partial charge in [-0.15, -0.1) is 4.73 Å². The molecular formula is C55H80N3O24S3+. The number of aromatic hydroxyl groups is 2. The third-order valence-electron chi connectivity index (χ3n) is 13.0. The van der Waals surface area contributed by atoms with Crippen molar-refractivity contribution >= 4 is 48.1 Å². The van der Waals surface area contributed by atoms with Crippen molar-refractivity contribution in [3.8, 4) is 23.1 Å². The predicted octanol–water partition coefficient (Wildman–Crippen LogP) is 3.08. The Kier molecular flexibility index (Phi) is 30.4. The van der Waals surface area contributed by atoms with Gasteiger partial charge in [0.05, 0.1) is 154 Å². The molecule has 85 heavy (non-hydrogen) atoms. The lowest BCUT2D eigenvalue weighted by Crippen LogP contribution is -2.35. The zero-order chi connectivity index (χ0) is 61.6. The van der Waals surface area contributed by atoms with Crippen LogP contribution in [0.25, 0.3) is 17.4 Å². The highest BCUT2D eigenvalue weighted by Crippen LogP contribution is 2.51. The van der Waals surface area contributed by atoms with Crippen LogP contribution in [-0.4, -0.2) is 224 Å². The van der Waals surface area contributed by atoms with Crippen molar-refractivity contribution in [2.24, 2.45) is 0 Å². The predicted molar refractivity (Wildman–Crippen MR) is 308 cm³/mol. The van der Waals surface area contributed by atoms with Gasteiger partial charge >= 0.3 is 5.97 Å². The summed E-state index contributed by atoms with van der Waals surface area (Å²) in [6.07, 6.45) is 7.18. The fourth-order valence-electron chi connectivity index (χ4n) is 8.83. The first-order chi connectivity index (χ1) is 40.7. The lowest BCUT2D eigenvalue weighted by Gasteiger charge is -2.30. The third kappa shape index (κ3) is 25.5. The summed E-state index contributed by atoms with van der Waals surface area (Å²) >= 11 is 0. The van der Waals surface area contributed by atoms with Crippen molar-refractivity contribution in [2.45, 2.75) is 42.9 Å². The first-order valence-corrected chi connectivity index (χ1v) is 32.1. The number of hydrogen-bond acceptors (Lipinski definition) is 22. The van der Waals surface area contributed by atoms with Crippen molar-refractivity contribution in [2.75, 3.05) is 169 Å². The lowest BCUT2D eigenvalue weighted by molar-refractivity contribution is -0.146. The van der Waals surface area contributed by atoms with Crippen LogP contribution in [0.5, 0.6) is 11.8 Å². The second kappa shape index (κ2) is 36.7. The zero-order valence-corrected chi connectivity index (χ0v) is 50.3. The Morgan fingerprint density at radius 1 is 0.624 bits per heavy atom. The number of anilines is 1. The van der Waals surface area contributed by atoms with Gasteiger partial charge in [-0.25, -0.2) is 9.37 Å². The number of fused-ring (bicyclic) bond motifs is 2. The summed E-state index contributed by atoms with van der Waals surface area (Å²) in [6.45, 7) is 8.66. The molecule has 1 aliphatic carbocycles. The van der Waals surface area contributed by atoms with Crippen LogP contribution >= 0.6 is 0 Å². The first-order valence-electron chi connectivity index (χ1n) is 27.5. The van der Waals surface area contributed by atoms with Gasteiger partial charge < -0.3 is 71.7 Å². The van der Waals surface area contributed by atoms with Crippen LogP contribution in [0.4, 0.5) is 5.69 Å². The van der Waals surface area contributed by atoms with Gasteiger partial charge in [0, 0.05) is 60.6 Å². The van der Waals surface area contributed by atoms with Crippen LogP contribution in [0.15, 0.2) is 88.0 Å². The summed E-state index contributed by atoms with van der Waals surface area (Å²) in [5.41, 5.74) is 2.18. The van der Waals surface area contributed by atoms with E-state index in [9.17, 15) is 53.9 Å². The smallest absolute Gasteiger partial charge is 0.335 e. The Balaban J connectivity index is 1.18. The van der Waals surface area contributed by atoms with Crippen LogP contribution in [0.1, 0.15) is 43.7 Å². The minimum atomic E-state index is -4.65. The molecule has 2 aromatic rings. The number of carbonyl (C=O) groups is 1. The minimum absolute atomic E-state index is 0.00268. The quantitative estimate of drug-likeness (QED) is 0.0241. The molecule has 0 radical (unpaired) electrons. The van der Waals surface area contributed by atoms with E-state index in [0.29, 0.717) is 105 Å². The fourth-order valence-corrected chi connectivity index (χ4v) is 10.3. The van der Waals surface area contributed by atoms with E-state index in [1.165, 1.54) is 30.5 Å². The van der Waals surface area contributed by atoms with Crippen molar-refractivity contribution in [1.82, 2.24) is 9.31 Å². The number of rotatable bonds is 45. The molecule has 1 aromatic heterocycles. The monoisotopic (exact) mass is 1260 g/mol. The number of aromatic nitrogens is 1. The number of hydrogen-bond donors (Lipinski definition) is 5. The van der Waals surface area contributed by atoms with Crippen LogP contribution in [-0.2, 0) is 87.9 Å². The molecule has 3 heterocycles. The maximum atomic E-state index is 12.4. The number of benzene rings is 2. The molecule has 27 nitrogen and oxygen atoms in total. The van der Waals surface area contributed by atoms with Crippen molar-refractivity contribution in [3.63, 3.8) is 0 Å². The molecule has 0 saturated carbocycles. The maximum Gasteiger partial charge on any atom is 0.335 e. The lowest BCUT2D eigenvalue weighted by atomic mass is 9.77. The molecule has 0 fully saturated rings. The van der Waals surface area contributed by atoms with E-state index in [1.807, 2.05) is 46.8 Å². The van der Waals surface area contributed by atoms with Crippen LogP contribution in [0.3, 0.4) is 0 Å². The van der Waals surface area contributed by atoms with E-state index in [2.05, 4.69) is 0 Å². The summed E-state index contributed by atoms with van der Waals surface area (Å²) in [6, 6.07) is 13.9. The van der Waals surface area contributed by atoms with Gasteiger partial charge in [0.1, 0.15) is 18.9 Å². The number of carbonyl (C=O) groups excluding carboxylic acids is 1. The highest BCUT2D eigenvalue weighted by atomic mass is 32.2. The van der Waals surface area contributed by atoms with Gasteiger partial charge in [0.15, 0.2) is 6.54 Å². The average molecular weight is 1260 g/mol. The number of methoxy groups -OCH3 is 1. The van der Waals surface area contributed by atoms with Gasteiger partial charge in [-0.3, -0.25) is 13.7 Å². The summed E-state index contributed by atoms with van der Waals surface area (Å²) in [5.74, 6) is -2.04. The van der Waals surface area contributed by atoms with E-state index >= 15 is 0 Å². The van der Waals surface area contributed by atoms with Crippen molar-refractivity contribution < 1.29 is 111 Å². The summed E-state index contributed by atoms with van der Waals surface area (Å²) in [4.78, 5) is 18.3. The average Bonchev–Trinajstić information content (AvgIpc) is 1.91.